The molecule has 0 radical (unpaired) electrons. The largest absolute Gasteiger partial charge is 0.399 e. The second-order valence-corrected chi connectivity index (χ2v) is 4.47. The third-order valence-corrected chi connectivity index (χ3v) is 2.98. The molecule has 0 aliphatic rings. The van der Waals surface area contributed by atoms with Gasteiger partial charge in [0.2, 0.25) is 0 Å². The lowest BCUT2D eigenvalue weighted by Crippen LogP contribution is -2.20. The van der Waals surface area contributed by atoms with Gasteiger partial charge in [0.1, 0.15) is 6.10 Å². The van der Waals surface area contributed by atoms with Gasteiger partial charge < -0.3 is 15.9 Å². The van der Waals surface area contributed by atoms with E-state index >= 15 is 0 Å². The lowest BCUT2D eigenvalue weighted by atomic mass is 10.0. The standard InChI is InChI=1S/C10H12Cl2N4O2/c11-6-3-5(13)4-7(12)9(6)10(18)8(17)1-2-15-16-14/h3-4,8,10,17-18H,1-2,13H2. The van der Waals surface area contributed by atoms with E-state index in [0.29, 0.717) is 5.69 Å². The van der Waals surface area contributed by atoms with Crippen molar-refractivity contribution in [1.82, 2.24) is 0 Å². The molecule has 2 unspecified atom stereocenters. The molecule has 0 amide bonds. The van der Waals surface area contributed by atoms with E-state index in [1.54, 1.807) is 0 Å². The lowest BCUT2D eigenvalue weighted by Gasteiger charge is -2.20. The molecule has 0 heterocycles. The molecule has 0 aliphatic carbocycles. The molecule has 2 atom stereocenters. The molecule has 0 saturated heterocycles. The van der Waals surface area contributed by atoms with Gasteiger partial charge in [0.05, 0.1) is 6.10 Å². The maximum atomic E-state index is 9.95. The third kappa shape index (κ3) is 3.66. The molecule has 1 aromatic carbocycles. The van der Waals surface area contributed by atoms with Gasteiger partial charge in [-0.2, -0.15) is 0 Å². The minimum absolute atomic E-state index is 0.0684. The van der Waals surface area contributed by atoms with Crippen LogP contribution >= 0.6 is 23.2 Å². The second-order valence-electron chi connectivity index (χ2n) is 3.65. The molecule has 0 aromatic heterocycles. The van der Waals surface area contributed by atoms with Crippen LogP contribution in [0.1, 0.15) is 18.1 Å². The quantitative estimate of drug-likeness (QED) is 0.335. The summed E-state index contributed by atoms with van der Waals surface area (Å²) in [7, 11) is 0. The molecular formula is C10H12Cl2N4O2. The third-order valence-electron chi connectivity index (χ3n) is 2.35. The fourth-order valence-electron chi connectivity index (χ4n) is 1.47. The zero-order valence-electron chi connectivity index (χ0n) is 9.29. The van der Waals surface area contributed by atoms with Gasteiger partial charge in [0.25, 0.3) is 0 Å². The first kappa shape index (κ1) is 14.9. The average molecular weight is 291 g/mol. The van der Waals surface area contributed by atoms with Crippen LogP contribution in [0.4, 0.5) is 5.69 Å². The molecule has 0 fully saturated rings. The van der Waals surface area contributed by atoms with Crippen LogP contribution < -0.4 is 5.73 Å². The van der Waals surface area contributed by atoms with E-state index in [0.717, 1.165) is 0 Å². The monoisotopic (exact) mass is 290 g/mol. The minimum atomic E-state index is -1.26. The number of nitrogen functional groups attached to an aromatic ring is 1. The van der Waals surface area contributed by atoms with E-state index in [2.05, 4.69) is 10.0 Å². The lowest BCUT2D eigenvalue weighted by molar-refractivity contribution is 0.0151. The van der Waals surface area contributed by atoms with Crippen molar-refractivity contribution in [2.45, 2.75) is 18.6 Å². The summed E-state index contributed by atoms with van der Waals surface area (Å²) in [4.78, 5) is 2.55. The van der Waals surface area contributed by atoms with E-state index in [1.165, 1.54) is 12.1 Å². The number of halogens is 2. The van der Waals surface area contributed by atoms with Crippen molar-refractivity contribution in [2.75, 3.05) is 12.3 Å². The number of aliphatic hydroxyl groups excluding tert-OH is 2. The van der Waals surface area contributed by atoms with Gasteiger partial charge in [-0.05, 0) is 24.1 Å². The first-order chi connectivity index (χ1) is 8.47. The van der Waals surface area contributed by atoms with Gasteiger partial charge in [0.15, 0.2) is 0 Å². The van der Waals surface area contributed by atoms with Gasteiger partial charge in [-0.25, -0.2) is 0 Å². The number of hydrogen-bond donors (Lipinski definition) is 3. The van der Waals surface area contributed by atoms with Crippen molar-refractivity contribution in [1.29, 1.82) is 0 Å². The molecular weight excluding hydrogens is 279 g/mol. The Bertz CT molecular complexity index is 454. The summed E-state index contributed by atoms with van der Waals surface area (Å²) in [6.45, 7) is 0.0684. The van der Waals surface area contributed by atoms with Gasteiger partial charge in [-0.15, -0.1) is 0 Å². The molecule has 18 heavy (non-hydrogen) atoms. The number of benzene rings is 1. The summed E-state index contributed by atoms with van der Waals surface area (Å²) in [6, 6.07) is 2.87. The molecule has 8 heteroatoms. The molecule has 0 aliphatic heterocycles. The van der Waals surface area contributed by atoms with Crippen molar-refractivity contribution in [3.05, 3.63) is 38.2 Å². The number of nitrogens with zero attached hydrogens (tertiary/aromatic N) is 3. The first-order valence-electron chi connectivity index (χ1n) is 5.08. The van der Waals surface area contributed by atoms with Crippen molar-refractivity contribution in [2.24, 2.45) is 5.11 Å². The van der Waals surface area contributed by atoms with Gasteiger partial charge in [0, 0.05) is 32.8 Å². The highest BCUT2D eigenvalue weighted by atomic mass is 35.5. The Balaban J connectivity index is 2.89. The Morgan fingerprint density at radius 1 is 1.33 bits per heavy atom. The highest BCUT2D eigenvalue weighted by Crippen LogP contribution is 2.34. The Kier molecular flexibility index (Phi) is 5.53. The van der Waals surface area contributed by atoms with Crippen LogP contribution in [-0.2, 0) is 0 Å². The highest BCUT2D eigenvalue weighted by molar-refractivity contribution is 6.36. The maximum absolute atomic E-state index is 9.95. The van der Waals surface area contributed by atoms with Crippen LogP contribution in [-0.4, -0.2) is 22.9 Å². The van der Waals surface area contributed by atoms with Gasteiger partial charge >= 0.3 is 0 Å². The van der Waals surface area contributed by atoms with Crippen LogP contribution in [0, 0.1) is 0 Å². The van der Waals surface area contributed by atoms with Crippen LogP contribution in [0.25, 0.3) is 10.4 Å². The summed E-state index contributed by atoms with van der Waals surface area (Å²) in [6.07, 6.45) is -2.30. The molecule has 4 N–H and O–H groups in total. The van der Waals surface area contributed by atoms with Gasteiger partial charge in [-0.1, -0.05) is 28.3 Å². The van der Waals surface area contributed by atoms with Crippen LogP contribution in [0.15, 0.2) is 17.2 Å². The normalized spacial score (nSPS) is 13.8. The van der Waals surface area contributed by atoms with E-state index < -0.39 is 12.2 Å². The van der Waals surface area contributed by atoms with E-state index in [9.17, 15) is 10.2 Å². The molecule has 1 rings (SSSR count). The number of anilines is 1. The number of hydrogen-bond acceptors (Lipinski definition) is 4. The van der Waals surface area contributed by atoms with E-state index in [4.69, 9.17) is 34.5 Å². The summed E-state index contributed by atoms with van der Waals surface area (Å²) in [5.41, 5.74) is 14.2. The fraction of sp³-hybridized carbons (Fsp3) is 0.400. The fourth-order valence-corrected chi connectivity index (χ4v) is 2.20. The minimum Gasteiger partial charge on any atom is -0.399 e. The highest BCUT2D eigenvalue weighted by Gasteiger charge is 2.23. The predicted molar refractivity (Wildman–Crippen MR) is 70.5 cm³/mol. The second kappa shape index (κ2) is 6.68. The molecule has 0 saturated carbocycles. The molecule has 1 aromatic rings. The van der Waals surface area contributed by atoms with E-state index in [-0.39, 0.29) is 28.6 Å². The Morgan fingerprint density at radius 2 is 1.89 bits per heavy atom. The Labute approximate surface area is 114 Å². The summed E-state index contributed by atoms with van der Waals surface area (Å²) < 4.78 is 0. The number of rotatable bonds is 5. The number of azide groups is 1. The smallest absolute Gasteiger partial charge is 0.108 e. The zero-order valence-corrected chi connectivity index (χ0v) is 10.8. The van der Waals surface area contributed by atoms with Crippen LogP contribution in [0.3, 0.4) is 0 Å². The molecule has 0 bridgehead atoms. The Hall–Kier alpha value is -1.17. The van der Waals surface area contributed by atoms with Crippen LogP contribution in [0.2, 0.25) is 10.0 Å². The number of nitrogens with two attached hydrogens (primary N) is 1. The van der Waals surface area contributed by atoms with Gasteiger partial charge in [-0.3, -0.25) is 0 Å². The van der Waals surface area contributed by atoms with Crippen molar-refractivity contribution in [3.63, 3.8) is 0 Å². The maximum Gasteiger partial charge on any atom is 0.108 e. The molecule has 0 spiro atoms. The molecule has 6 nitrogen and oxygen atoms in total. The van der Waals surface area contributed by atoms with E-state index in [1.807, 2.05) is 0 Å². The number of aliphatic hydroxyl groups is 2. The van der Waals surface area contributed by atoms with Crippen molar-refractivity contribution in [3.8, 4) is 0 Å². The first-order valence-corrected chi connectivity index (χ1v) is 5.84. The van der Waals surface area contributed by atoms with Crippen molar-refractivity contribution >= 4 is 28.9 Å². The SMILES string of the molecule is [N-]=[N+]=NCCC(O)C(O)c1c(Cl)cc(N)cc1Cl. The molecule has 98 valence electrons. The Morgan fingerprint density at radius 3 is 2.39 bits per heavy atom. The average Bonchev–Trinajstić information content (AvgIpc) is 2.27. The topological polar surface area (TPSA) is 115 Å². The zero-order chi connectivity index (χ0) is 13.7. The summed E-state index contributed by atoms with van der Waals surface area (Å²) in [5.74, 6) is 0. The van der Waals surface area contributed by atoms with Crippen molar-refractivity contribution < 1.29 is 10.2 Å². The summed E-state index contributed by atoms with van der Waals surface area (Å²) >= 11 is 11.8. The summed E-state index contributed by atoms with van der Waals surface area (Å²) in [5, 5.41) is 23.3. The van der Waals surface area contributed by atoms with Crippen LogP contribution in [0.5, 0.6) is 0 Å². The predicted octanol–water partition coefficient (Wildman–Crippen LogP) is 2.67.